The molecule has 1 aromatic carbocycles. The van der Waals surface area contributed by atoms with Crippen LogP contribution in [0.5, 0.6) is 0 Å². The van der Waals surface area contributed by atoms with Crippen molar-refractivity contribution in [1.29, 1.82) is 0 Å². The molecule has 0 radical (unpaired) electrons. The van der Waals surface area contributed by atoms with E-state index in [4.69, 9.17) is 5.11 Å². The number of aliphatic hydroxyl groups excluding tert-OH is 1. The van der Waals surface area contributed by atoms with Crippen molar-refractivity contribution < 1.29 is 5.11 Å². The molecule has 1 aliphatic heterocycles. The quantitative estimate of drug-likeness (QED) is 0.847. The average Bonchev–Trinajstić information content (AvgIpc) is 2.35. The molecule has 3 nitrogen and oxygen atoms in total. The summed E-state index contributed by atoms with van der Waals surface area (Å²) in [6.45, 7) is 4.58. The van der Waals surface area contributed by atoms with Gasteiger partial charge in [0.1, 0.15) is 0 Å². The van der Waals surface area contributed by atoms with Gasteiger partial charge in [0.2, 0.25) is 0 Å². The Balaban J connectivity index is 1.90. The van der Waals surface area contributed by atoms with Crippen LogP contribution in [0.4, 0.5) is 0 Å². The van der Waals surface area contributed by atoms with Crippen LogP contribution in [0.15, 0.2) is 30.3 Å². The van der Waals surface area contributed by atoms with E-state index >= 15 is 0 Å². The number of benzene rings is 1. The van der Waals surface area contributed by atoms with Gasteiger partial charge in [-0.1, -0.05) is 30.3 Å². The Morgan fingerprint density at radius 3 is 2.71 bits per heavy atom. The highest BCUT2D eigenvalue weighted by atomic mass is 16.3. The van der Waals surface area contributed by atoms with E-state index in [0.717, 1.165) is 32.6 Å². The van der Waals surface area contributed by atoms with E-state index in [1.807, 2.05) is 0 Å². The second-order valence-electron chi connectivity index (χ2n) is 4.87. The summed E-state index contributed by atoms with van der Waals surface area (Å²) in [6, 6.07) is 11.1. The molecule has 0 saturated carbocycles. The predicted octanol–water partition coefficient (Wildman–Crippen LogP) is 1.18. The van der Waals surface area contributed by atoms with Crippen molar-refractivity contribution in [3.63, 3.8) is 0 Å². The van der Waals surface area contributed by atoms with Crippen LogP contribution in [0.1, 0.15) is 12.0 Å². The molecular weight excluding hydrogens is 212 g/mol. The van der Waals surface area contributed by atoms with Gasteiger partial charge in [-0.15, -0.1) is 0 Å². The van der Waals surface area contributed by atoms with Crippen molar-refractivity contribution in [3.05, 3.63) is 35.9 Å². The zero-order valence-electron chi connectivity index (χ0n) is 10.5. The Morgan fingerprint density at radius 2 is 2.00 bits per heavy atom. The van der Waals surface area contributed by atoms with Crippen molar-refractivity contribution in [3.8, 4) is 0 Å². The summed E-state index contributed by atoms with van der Waals surface area (Å²) in [5.74, 6) is 0. The van der Waals surface area contributed by atoms with Crippen molar-refractivity contribution in [2.24, 2.45) is 0 Å². The first kappa shape index (κ1) is 12.6. The third kappa shape index (κ3) is 3.53. The zero-order chi connectivity index (χ0) is 12.1. The average molecular weight is 234 g/mol. The van der Waals surface area contributed by atoms with Gasteiger partial charge in [0.15, 0.2) is 0 Å². The van der Waals surface area contributed by atoms with Crippen molar-refractivity contribution in [1.82, 2.24) is 9.80 Å². The predicted molar refractivity (Wildman–Crippen MR) is 69.8 cm³/mol. The Kier molecular flexibility index (Phi) is 4.54. The number of likely N-dealkylation sites (N-methyl/N-ethyl adjacent to an activating group) is 1. The third-order valence-electron chi connectivity index (χ3n) is 3.57. The smallest absolute Gasteiger partial charge is 0.0446 e. The van der Waals surface area contributed by atoms with Gasteiger partial charge in [0, 0.05) is 38.8 Å². The van der Waals surface area contributed by atoms with Crippen LogP contribution in [0, 0.1) is 0 Å². The Hall–Kier alpha value is -0.900. The molecule has 0 bridgehead atoms. The Morgan fingerprint density at radius 1 is 1.24 bits per heavy atom. The van der Waals surface area contributed by atoms with Crippen LogP contribution < -0.4 is 0 Å². The third-order valence-corrected chi connectivity index (χ3v) is 3.57. The van der Waals surface area contributed by atoms with Crippen LogP contribution in [0.3, 0.4) is 0 Å². The summed E-state index contributed by atoms with van der Waals surface area (Å²) >= 11 is 0. The van der Waals surface area contributed by atoms with Gasteiger partial charge in [0.05, 0.1) is 0 Å². The highest BCUT2D eigenvalue weighted by Crippen LogP contribution is 2.13. The first-order valence-corrected chi connectivity index (χ1v) is 6.37. The lowest BCUT2D eigenvalue weighted by Gasteiger charge is -2.39. The van der Waals surface area contributed by atoms with Gasteiger partial charge in [-0.05, 0) is 19.0 Å². The maximum absolute atomic E-state index is 9.07. The van der Waals surface area contributed by atoms with Crippen molar-refractivity contribution >= 4 is 0 Å². The Labute approximate surface area is 104 Å². The highest BCUT2D eigenvalue weighted by Gasteiger charge is 2.23. The minimum absolute atomic E-state index is 0.286. The molecule has 1 aliphatic rings. The molecule has 1 saturated heterocycles. The van der Waals surface area contributed by atoms with Crippen molar-refractivity contribution in [2.75, 3.05) is 33.3 Å². The van der Waals surface area contributed by atoms with Gasteiger partial charge < -0.3 is 10.0 Å². The minimum Gasteiger partial charge on any atom is -0.396 e. The number of nitrogens with zero attached hydrogens (tertiary/aromatic N) is 2. The number of hydrogen-bond acceptors (Lipinski definition) is 3. The fourth-order valence-electron chi connectivity index (χ4n) is 2.46. The van der Waals surface area contributed by atoms with Gasteiger partial charge in [0.25, 0.3) is 0 Å². The molecule has 1 unspecified atom stereocenters. The molecule has 1 aromatic rings. The second-order valence-corrected chi connectivity index (χ2v) is 4.87. The number of hydrogen-bond donors (Lipinski definition) is 1. The van der Waals surface area contributed by atoms with Crippen LogP contribution in [-0.4, -0.2) is 54.2 Å². The van der Waals surface area contributed by atoms with E-state index in [0.29, 0.717) is 6.04 Å². The monoisotopic (exact) mass is 234 g/mol. The SMILES string of the molecule is CN1CCN(Cc2ccccc2)CC1CCO. The second kappa shape index (κ2) is 6.15. The molecule has 1 atom stereocenters. The molecule has 1 N–H and O–H groups in total. The van der Waals surface area contributed by atoms with E-state index < -0.39 is 0 Å². The largest absolute Gasteiger partial charge is 0.396 e. The molecular formula is C14H22N2O. The van der Waals surface area contributed by atoms with E-state index in [1.165, 1.54) is 5.56 Å². The molecule has 2 rings (SSSR count). The molecule has 0 amide bonds. The van der Waals surface area contributed by atoms with Crippen LogP contribution in [-0.2, 0) is 6.54 Å². The fraction of sp³-hybridized carbons (Fsp3) is 0.571. The van der Waals surface area contributed by atoms with Crippen LogP contribution >= 0.6 is 0 Å². The summed E-state index contributed by atoms with van der Waals surface area (Å²) in [4.78, 5) is 4.84. The van der Waals surface area contributed by atoms with Gasteiger partial charge in [-0.25, -0.2) is 0 Å². The summed E-state index contributed by atoms with van der Waals surface area (Å²) in [5.41, 5.74) is 1.37. The molecule has 17 heavy (non-hydrogen) atoms. The van der Waals surface area contributed by atoms with Crippen LogP contribution in [0.25, 0.3) is 0 Å². The summed E-state index contributed by atoms with van der Waals surface area (Å²) < 4.78 is 0. The minimum atomic E-state index is 0.286. The normalized spacial score (nSPS) is 22.8. The molecule has 0 spiro atoms. The number of piperazine rings is 1. The summed E-state index contributed by atoms with van der Waals surface area (Å²) in [7, 11) is 2.15. The van der Waals surface area contributed by atoms with E-state index in [9.17, 15) is 0 Å². The maximum atomic E-state index is 9.07. The summed E-state index contributed by atoms with van der Waals surface area (Å²) in [6.07, 6.45) is 0.877. The first-order chi connectivity index (χ1) is 8.29. The topological polar surface area (TPSA) is 26.7 Å². The van der Waals surface area contributed by atoms with E-state index in [-0.39, 0.29) is 6.61 Å². The lowest BCUT2D eigenvalue weighted by Crippen LogP contribution is -2.51. The number of rotatable bonds is 4. The van der Waals surface area contributed by atoms with E-state index in [1.54, 1.807) is 0 Å². The molecule has 94 valence electrons. The molecule has 0 aromatic heterocycles. The van der Waals surface area contributed by atoms with Crippen LogP contribution in [0.2, 0.25) is 0 Å². The summed E-state index contributed by atoms with van der Waals surface area (Å²) in [5, 5.41) is 9.07. The zero-order valence-corrected chi connectivity index (χ0v) is 10.5. The van der Waals surface area contributed by atoms with Gasteiger partial charge >= 0.3 is 0 Å². The van der Waals surface area contributed by atoms with Gasteiger partial charge in [-0.3, -0.25) is 4.90 Å². The lowest BCUT2D eigenvalue weighted by molar-refractivity contribution is 0.0743. The van der Waals surface area contributed by atoms with Crippen molar-refractivity contribution in [2.45, 2.75) is 19.0 Å². The maximum Gasteiger partial charge on any atom is 0.0446 e. The molecule has 3 heteroatoms. The number of aliphatic hydroxyl groups is 1. The Bertz CT molecular complexity index is 328. The fourth-order valence-corrected chi connectivity index (χ4v) is 2.46. The first-order valence-electron chi connectivity index (χ1n) is 6.37. The van der Waals surface area contributed by atoms with Gasteiger partial charge in [-0.2, -0.15) is 0 Å². The lowest BCUT2D eigenvalue weighted by atomic mass is 10.1. The highest BCUT2D eigenvalue weighted by molar-refractivity contribution is 5.14. The molecule has 0 aliphatic carbocycles. The molecule has 1 heterocycles. The van der Waals surface area contributed by atoms with E-state index in [2.05, 4.69) is 47.2 Å². The molecule has 1 fully saturated rings. The standard InChI is InChI=1S/C14H22N2O/c1-15-8-9-16(12-14(15)7-10-17)11-13-5-3-2-4-6-13/h2-6,14,17H,7-12H2,1H3.